The van der Waals surface area contributed by atoms with Gasteiger partial charge in [-0.1, -0.05) is 26.2 Å². The van der Waals surface area contributed by atoms with Crippen molar-refractivity contribution in [2.75, 3.05) is 0 Å². The predicted molar refractivity (Wildman–Crippen MR) is 69.0 cm³/mol. The van der Waals surface area contributed by atoms with Crippen LogP contribution in [0.4, 0.5) is 0 Å². The molecule has 0 bridgehead atoms. The van der Waals surface area contributed by atoms with E-state index >= 15 is 0 Å². The van der Waals surface area contributed by atoms with Crippen LogP contribution in [0.2, 0.25) is 0 Å². The number of nitrogens with one attached hydrogen (secondary N) is 1. The quantitative estimate of drug-likeness (QED) is 0.447. The van der Waals surface area contributed by atoms with Crippen LogP contribution in [-0.4, -0.2) is 17.1 Å². The zero-order valence-electron chi connectivity index (χ0n) is 10.2. The van der Waals surface area contributed by atoms with Crippen molar-refractivity contribution in [3.8, 4) is 0 Å². The number of aromatic nitrogens is 1. The van der Waals surface area contributed by atoms with Gasteiger partial charge in [0.25, 0.3) is 5.91 Å². The Labute approximate surface area is 102 Å². The van der Waals surface area contributed by atoms with E-state index < -0.39 is 0 Å². The number of pyridine rings is 1. The zero-order chi connectivity index (χ0) is 12.3. The van der Waals surface area contributed by atoms with E-state index in [9.17, 15) is 4.79 Å². The highest BCUT2D eigenvalue weighted by Crippen LogP contribution is 2.00. The van der Waals surface area contributed by atoms with Crippen molar-refractivity contribution in [2.45, 2.75) is 39.0 Å². The van der Waals surface area contributed by atoms with Crippen molar-refractivity contribution in [2.24, 2.45) is 5.10 Å². The lowest BCUT2D eigenvalue weighted by molar-refractivity contribution is 0.0954. The molecule has 1 aromatic heterocycles. The van der Waals surface area contributed by atoms with Gasteiger partial charge in [-0.05, 0) is 25.0 Å². The van der Waals surface area contributed by atoms with Gasteiger partial charge in [0.15, 0.2) is 0 Å². The van der Waals surface area contributed by atoms with Crippen LogP contribution in [0.1, 0.15) is 49.4 Å². The Hall–Kier alpha value is -1.71. The van der Waals surface area contributed by atoms with Gasteiger partial charge in [0, 0.05) is 18.6 Å². The molecule has 1 heterocycles. The van der Waals surface area contributed by atoms with Gasteiger partial charge in [-0.25, -0.2) is 5.43 Å². The molecule has 0 aliphatic rings. The lowest BCUT2D eigenvalue weighted by Gasteiger charge is -1.98. The Kier molecular flexibility index (Phi) is 6.63. The van der Waals surface area contributed by atoms with Crippen molar-refractivity contribution in [1.82, 2.24) is 10.4 Å². The first kappa shape index (κ1) is 13.4. The van der Waals surface area contributed by atoms with Crippen molar-refractivity contribution in [3.63, 3.8) is 0 Å². The van der Waals surface area contributed by atoms with E-state index in [-0.39, 0.29) is 5.91 Å². The molecule has 0 fully saturated rings. The monoisotopic (exact) mass is 233 g/mol. The number of rotatable bonds is 7. The molecule has 0 spiro atoms. The third-order valence-corrected chi connectivity index (χ3v) is 2.37. The lowest BCUT2D eigenvalue weighted by Crippen LogP contribution is -2.17. The molecule has 17 heavy (non-hydrogen) atoms. The summed E-state index contributed by atoms with van der Waals surface area (Å²) in [6, 6.07) is 3.43. The van der Waals surface area contributed by atoms with E-state index in [0.29, 0.717) is 5.56 Å². The summed E-state index contributed by atoms with van der Waals surface area (Å²) in [5, 5.41) is 3.89. The van der Waals surface area contributed by atoms with Gasteiger partial charge >= 0.3 is 0 Å². The average molecular weight is 233 g/mol. The largest absolute Gasteiger partial charge is 0.272 e. The third-order valence-electron chi connectivity index (χ3n) is 2.37. The number of carbonyl (C=O) groups excluding carboxylic acids is 1. The average Bonchev–Trinajstić information content (AvgIpc) is 2.38. The molecule has 0 unspecified atom stereocenters. The summed E-state index contributed by atoms with van der Waals surface area (Å²) >= 11 is 0. The van der Waals surface area contributed by atoms with E-state index in [0.717, 1.165) is 12.8 Å². The minimum Gasteiger partial charge on any atom is -0.267 e. The number of unbranched alkanes of at least 4 members (excludes halogenated alkanes) is 4. The van der Waals surface area contributed by atoms with Crippen molar-refractivity contribution >= 4 is 12.1 Å². The molecule has 1 rings (SSSR count). The molecule has 1 amide bonds. The fourth-order valence-corrected chi connectivity index (χ4v) is 1.39. The fraction of sp³-hybridized carbons (Fsp3) is 0.462. The van der Waals surface area contributed by atoms with E-state index in [4.69, 9.17) is 0 Å². The van der Waals surface area contributed by atoms with Crippen LogP contribution in [0, 0.1) is 0 Å². The van der Waals surface area contributed by atoms with Crippen molar-refractivity contribution < 1.29 is 4.79 Å². The van der Waals surface area contributed by atoms with Gasteiger partial charge in [0.05, 0.1) is 5.56 Å². The van der Waals surface area contributed by atoms with Gasteiger partial charge in [-0.15, -0.1) is 0 Å². The summed E-state index contributed by atoms with van der Waals surface area (Å²) in [5.74, 6) is -0.220. The Morgan fingerprint density at radius 1 is 1.47 bits per heavy atom. The zero-order valence-corrected chi connectivity index (χ0v) is 10.2. The smallest absolute Gasteiger partial charge is 0.267 e. The number of amides is 1. The number of hydrogen-bond donors (Lipinski definition) is 1. The molecular weight excluding hydrogens is 214 g/mol. The van der Waals surface area contributed by atoms with Crippen LogP contribution >= 0.6 is 0 Å². The highest BCUT2D eigenvalue weighted by atomic mass is 16.2. The minimum atomic E-state index is -0.220. The van der Waals surface area contributed by atoms with Crippen molar-refractivity contribution in [3.05, 3.63) is 30.1 Å². The van der Waals surface area contributed by atoms with Gasteiger partial charge < -0.3 is 0 Å². The second-order valence-corrected chi connectivity index (χ2v) is 3.84. The third kappa shape index (κ3) is 5.80. The molecule has 0 aliphatic heterocycles. The van der Waals surface area contributed by atoms with Crippen LogP contribution in [0.15, 0.2) is 29.6 Å². The summed E-state index contributed by atoms with van der Waals surface area (Å²) in [4.78, 5) is 15.4. The lowest BCUT2D eigenvalue weighted by atomic mass is 10.2. The van der Waals surface area contributed by atoms with Crippen LogP contribution in [0.3, 0.4) is 0 Å². The first-order valence-electron chi connectivity index (χ1n) is 6.06. The normalized spacial score (nSPS) is 10.6. The topological polar surface area (TPSA) is 54.4 Å². The first-order chi connectivity index (χ1) is 8.34. The van der Waals surface area contributed by atoms with Crippen LogP contribution < -0.4 is 5.43 Å². The predicted octanol–water partition coefficient (Wildman–Crippen LogP) is 2.77. The highest BCUT2D eigenvalue weighted by molar-refractivity contribution is 5.93. The number of nitrogens with zero attached hydrogens (tertiary/aromatic N) is 2. The maximum atomic E-state index is 11.5. The fourth-order valence-electron chi connectivity index (χ4n) is 1.39. The number of hydrazone groups is 1. The number of carbonyl (C=O) groups is 1. The Morgan fingerprint density at radius 2 is 2.35 bits per heavy atom. The van der Waals surface area contributed by atoms with E-state index in [1.807, 2.05) is 0 Å². The Morgan fingerprint density at radius 3 is 3.06 bits per heavy atom. The van der Waals surface area contributed by atoms with Gasteiger partial charge in [-0.2, -0.15) is 5.10 Å². The van der Waals surface area contributed by atoms with E-state index in [1.54, 1.807) is 24.5 Å². The van der Waals surface area contributed by atoms with Gasteiger partial charge in [0.2, 0.25) is 0 Å². The molecule has 0 saturated carbocycles. The Bertz CT molecular complexity index is 349. The second-order valence-electron chi connectivity index (χ2n) is 3.84. The molecule has 0 radical (unpaired) electrons. The molecule has 0 aliphatic carbocycles. The molecule has 0 atom stereocenters. The second kappa shape index (κ2) is 8.44. The highest BCUT2D eigenvalue weighted by Gasteiger charge is 2.01. The summed E-state index contributed by atoms with van der Waals surface area (Å²) in [6.45, 7) is 2.18. The van der Waals surface area contributed by atoms with Crippen LogP contribution in [-0.2, 0) is 0 Å². The molecule has 92 valence electrons. The Balaban J connectivity index is 2.18. The number of hydrogen-bond acceptors (Lipinski definition) is 3. The van der Waals surface area contributed by atoms with E-state index in [1.165, 1.54) is 25.5 Å². The van der Waals surface area contributed by atoms with E-state index in [2.05, 4.69) is 22.4 Å². The van der Waals surface area contributed by atoms with Gasteiger partial charge in [0.1, 0.15) is 0 Å². The SMILES string of the molecule is CCCCCC/C=N/NC(=O)c1cccnc1. The summed E-state index contributed by atoms with van der Waals surface area (Å²) < 4.78 is 0. The van der Waals surface area contributed by atoms with Crippen LogP contribution in [0.25, 0.3) is 0 Å². The summed E-state index contributed by atoms with van der Waals surface area (Å²) in [5.41, 5.74) is 3.00. The maximum absolute atomic E-state index is 11.5. The summed E-state index contributed by atoms with van der Waals surface area (Å²) in [6.07, 6.45) is 10.7. The standard InChI is InChI=1S/C13H19N3O/c1-2-3-4-5-6-10-15-16-13(17)12-8-7-9-14-11-12/h7-11H,2-6H2,1H3,(H,16,17)/b15-10+. The molecule has 4 heteroatoms. The molecule has 0 saturated heterocycles. The van der Waals surface area contributed by atoms with Crippen LogP contribution in [0.5, 0.6) is 0 Å². The molecule has 1 aromatic rings. The van der Waals surface area contributed by atoms with Crippen molar-refractivity contribution in [1.29, 1.82) is 0 Å². The molecule has 1 N–H and O–H groups in total. The first-order valence-corrected chi connectivity index (χ1v) is 6.06. The molecule has 0 aromatic carbocycles. The summed E-state index contributed by atoms with van der Waals surface area (Å²) in [7, 11) is 0. The van der Waals surface area contributed by atoms with Gasteiger partial charge in [-0.3, -0.25) is 9.78 Å². The minimum absolute atomic E-state index is 0.220. The maximum Gasteiger partial charge on any atom is 0.272 e. The molecular formula is C13H19N3O. The molecule has 4 nitrogen and oxygen atoms in total.